The highest BCUT2D eigenvalue weighted by Crippen LogP contribution is 2.26. The predicted molar refractivity (Wildman–Crippen MR) is 76.7 cm³/mol. The number of amides is 2. The van der Waals surface area contributed by atoms with Crippen LogP contribution in [0.4, 0.5) is 10.1 Å². The summed E-state index contributed by atoms with van der Waals surface area (Å²) in [6.07, 6.45) is 2.62. The quantitative estimate of drug-likeness (QED) is 0.766. The summed E-state index contributed by atoms with van der Waals surface area (Å²) in [4.78, 5) is 23.5. The van der Waals surface area contributed by atoms with E-state index >= 15 is 0 Å². The molecule has 112 valence electrons. The van der Waals surface area contributed by atoms with E-state index < -0.39 is 5.82 Å². The van der Waals surface area contributed by atoms with Crippen molar-refractivity contribution in [2.24, 2.45) is 0 Å². The van der Waals surface area contributed by atoms with Crippen molar-refractivity contribution in [2.75, 3.05) is 18.4 Å². The largest absolute Gasteiger partial charge is 0.349 e. The molecule has 6 heteroatoms. The average Bonchev–Trinajstić information content (AvgIpc) is 2.47. The molecule has 2 aliphatic heterocycles. The van der Waals surface area contributed by atoms with E-state index in [0.717, 1.165) is 31.5 Å². The molecular weight excluding hydrogens is 273 g/mol. The van der Waals surface area contributed by atoms with Gasteiger partial charge in [-0.2, -0.15) is 0 Å². The van der Waals surface area contributed by atoms with Crippen molar-refractivity contribution >= 4 is 17.5 Å². The minimum Gasteiger partial charge on any atom is -0.349 e. The van der Waals surface area contributed by atoms with Crippen LogP contribution in [0.5, 0.6) is 0 Å². The van der Waals surface area contributed by atoms with Crippen molar-refractivity contribution in [1.82, 2.24) is 10.6 Å². The molecule has 1 aromatic carbocycles. The zero-order valence-corrected chi connectivity index (χ0v) is 11.7. The van der Waals surface area contributed by atoms with E-state index in [2.05, 4.69) is 16.0 Å². The van der Waals surface area contributed by atoms with Crippen LogP contribution in [-0.2, 0) is 11.2 Å². The van der Waals surface area contributed by atoms with E-state index in [1.807, 2.05) is 0 Å². The van der Waals surface area contributed by atoms with Crippen molar-refractivity contribution in [3.8, 4) is 0 Å². The fraction of sp³-hybridized carbons (Fsp3) is 0.467. The second-order valence-corrected chi connectivity index (χ2v) is 5.54. The smallest absolute Gasteiger partial charge is 0.254 e. The van der Waals surface area contributed by atoms with Crippen LogP contribution in [0.1, 0.15) is 35.2 Å². The van der Waals surface area contributed by atoms with Crippen molar-refractivity contribution in [3.63, 3.8) is 0 Å². The van der Waals surface area contributed by atoms with Crippen LogP contribution in [0.3, 0.4) is 0 Å². The molecule has 0 spiro atoms. The van der Waals surface area contributed by atoms with Crippen molar-refractivity contribution in [3.05, 3.63) is 29.1 Å². The lowest BCUT2D eigenvalue weighted by molar-refractivity contribution is -0.116. The number of aryl methyl sites for hydroxylation is 1. The molecule has 3 rings (SSSR count). The number of halogens is 1. The van der Waals surface area contributed by atoms with Gasteiger partial charge in [-0.3, -0.25) is 9.59 Å². The minimum atomic E-state index is -0.595. The second-order valence-electron chi connectivity index (χ2n) is 5.54. The number of rotatable bonds is 2. The molecule has 1 saturated heterocycles. The molecule has 0 aromatic heterocycles. The van der Waals surface area contributed by atoms with Gasteiger partial charge in [0.1, 0.15) is 5.82 Å². The first-order valence-corrected chi connectivity index (χ1v) is 7.27. The van der Waals surface area contributed by atoms with Gasteiger partial charge in [-0.05, 0) is 50.0 Å². The Morgan fingerprint density at radius 2 is 2.00 bits per heavy atom. The summed E-state index contributed by atoms with van der Waals surface area (Å²) < 4.78 is 14.1. The van der Waals surface area contributed by atoms with Gasteiger partial charge in [0, 0.05) is 18.2 Å². The first kappa shape index (κ1) is 14.0. The van der Waals surface area contributed by atoms with E-state index in [1.54, 1.807) is 6.07 Å². The Morgan fingerprint density at radius 1 is 1.24 bits per heavy atom. The molecule has 21 heavy (non-hydrogen) atoms. The molecule has 0 aliphatic carbocycles. The SMILES string of the molecule is O=C1CCc2cc(C(=O)NC3CCNCC3)c(F)cc2N1. The number of benzene rings is 1. The molecule has 5 nitrogen and oxygen atoms in total. The third-order valence-electron chi connectivity index (χ3n) is 4.01. The normalized spacial score (nSPS) is 18.8. The average molecular weight is 291 g/mol. The number of fused-ring (bicyclic) bond motifs is 1. The van der Waals surface area contributed by atoms with Gasteiger partial charge in [0.2, 0.25) is 5.91 Å². The lowest BCUT2D eigenvalue weighted by atomic mass is 9.99. The van der Waals surface area contributed by atoms with Crippen molar-refractivity contribution in [2.45, 2.75) is 31.7 Å². The highest BCUT2D eigenvalue weighted by molar-refractivity contribution is 5.98. The molecule has 3 N–H and O–H groups in total. The van der Waals surface area contributed by atoms with Crippen LogP contribution in [0, 0.1) is 5.82 Å². The monoisotopic (exact) mass is 291 g/mol. The molecule has 0 saturated carbocycles. The maximum atomic E-state index is 14.1. The zero-order valence-electron chi connectivity index (χ0n) is 11.7. The molecule has 2 amide bonds. The molecule has 1 fully saturated rings. The lowest BCUT2D eigenvalue weighted by Crippen LogP contribution is -2.43. The van der Waals surface area contributed by atoms with Crippen LogP contribution in [0.15, 0.2) is 12.1 Å². The number of nitrogens with one attached hydrogen (secondary N) is 3. The predicted octanol–water partition coefficient (Wildman–Crippen LogP) is 1.19. The van der Waals surface area contributed by atoms with Gasteiger partial charge in [-0.25, -0.2) is 4.39 Å². The Morgan fingerprint density at radius 3 is 2.76 bits per heavy atom. The lowest BCUT2D eigenvalue weighted by Gasteiger charge is -2.24. The molecule has 0 atom stereocenters. The minimum absolute atomic E-state index is 0.0587. The van der Waals surface area contributed by atoms with Gasteiger partial charge in [0.15, 0.2) is 0 Å². The zero-order chi connectivity index (χ0) is 14.8. The molecule has 0 unspecified atom stereocenters. The van der Waals surface area contributed by atoms with E-state index in [9.17, 15) is 14.0 Å². The number of hydrogen-bond acceptors (Lipinski definition) is 3. The number of piperidine rings is 1. The van der Waals surface area contributed by atoms with Crippen molar-refractivity contribution in [1.29, 1.82) is 0 Å². The van der Waals surface area contributed by atoms with Gasteiger partial charge in [0.25, 0.3) is 5.91 Å². The number of anilines is 1. The second kappa shape index (κ2) is 5.81. The Bertz CT molecular complexity index is 583. The number of carbonyl (C=O) groups is 2. The molecule has 2 aliphatic rings. The Kier molecular flexibility index (Phi) is 3.88. The van der Waals surface area contributed by atoms with Crippen LogP contribution < -0.4 is 16.0 Å². The van der Waals surface area contributed by atoms with Crippen LogP contribution in [0.25, 0.3) is 0 Å². The number of hydrogen-bond donors (Lipinski definition) is 3. The summed E-state index contributed by atoms with van der Waals surface area (Å²) in [5, 5.41) is 8.73. The maximum absolute atomic E-state index is 14.1. The van der Waals surface area contributed by atoms with Gasteiger partial charge in [-0.15, -0.1) is 0 Å². The summed E-state index contributed by atoms with van der Waals surface area (Å²) >= 11 is 0. The van der Waals surface area contributed by atoms with E-state index in [1.165, 1.54) is 6.07 Å². The maximum Gasteiger partial charge on any atom is 0.254 e. The molecular formula is C15H18FN3O2. The molecule has 2 heterocycles. The van der Waals surface area contributed by atoms with Crippen molar-refractivity contribution < 1.29 is 14.0 Å². The fourth-order valence-electron chi connectivity index (χ4n) is 2.81. The van der Waals surface area contributed by atoms with Gasteiger partial charge < -0.3 is 16.0 Å². The third-order valence-corrected chi connectivity index (χ3v) is 4.01. The number of carbonyl (C=O) groups excluding carboxylic acids is 2. The summed E-state index contributed by atoms with van der Waals surface area (Å²) in [7, 11) is 0. The van der Waals surface area contributed by atoms with Crippen LogP contribution in [0.2, 0.25) is 0 Å². The summed E-state index contributed by atoms with van der Waals surface area (Å²) in [5.41, 5.74) is 1.34. The van der Waals surface area contributed by atoms with Gasteiger partial charge in [-0.1, -0.05) is 0 Å². The Labute approximate surface area is 122 Å². The first-order valence-electron chi connectivity index (χ1n) is 7.27. The highest BCUT2D eigenvalue weighted by Gasteiger charge is 2.22. The molecule has 0 bridgehead atoms. The molecule has 0 radical (unpaired) electrons. The van der Waals surface area contributed by atoms with E-state index in [4.69, 9.17) is 0 Å². The summed E-state index contributed by atoms with van der Waals surface area (Å²) in [6, 6.07) is 2.89. The Hall–Kier alpha value is -1.95. The van der Waals surface area contributed by atoms with Crippen LogP contribution >= 0.6 is 0 Å². The van der Waals surface area contributed by atoms with Gasteiger partial charge >= 0.3 is 0 Å². The molecule has 1 aromatic rings. The van der Waals surface area contributed by atoms with Gasteiger partial charge in [0.05, 0.1) is 5.56 Å². The summed E-state index contributed by atoms with van der Waals surface area (Å²) in [5.74, 6) is -1.09. The fourth-order valence-corrected chi connectivity index (χ4v) is 2.81. The van der Waals surface area contributed by atoms with Crippen LogP contribution in [-0.4, -0.2) is 30.9 Å². The van der Waals surface area contributed by atoms with E-state index in [0.29, 0.717) is 18.5 Å². The first-order chi connectivity index (χ1) is 10.1. The topological polar surface area (TPSA) is 70.2 Å². The van der Waals surface area contributed by atoms with E-state index in [-0.39, 0.29) is 23.4 Å². The highest BCUT2D eigenvalue weighted by atomic mass is 19.1. The third kappa shape index (κ3) is 3.05. The standard InChI is InChI=1S/C15H18FN3O2/c16-12-8-13-9(1-2-14(20)19-13)7-11(12)15(21)18-10-3-5-17-6-4-10/h7-8,10,17H,1-6H2,(H,18,21)(H,19,20). The Balaban J connectivity index is 1.78. The summed E-state index contributed by atoms with van der Waals surface area (Å²) in [6.45, 7) is 1.73.